The number of likely N-dealkylation sites (N-methyl/N-ethyl adjacent to an activating group) is 1. The molecule has 1 saturated heterocycles. The van der Waals surface area contributed by atoms with Crippen LogP contribution in [0.25, 0.3) is 0 Å². The fraction of sp³-hybridized carbons (Fsp3) is 0.429. The third-order valence-electron chi connectivity index (χ3n) is 3.20. The Kier molecular flexibility index (Phi) is 3.96. The number of nitrogens with zero attached hydrogens (tertiary/aromatic N) is 4. The van der Waals surface area contributed by atoms with Gasteiger partial charge in [-0.1, -0.05) is 12.1 Å². The zero-order valence-electron chi connectivity index (χ0n) is 10.9. The van der Waals surface area contributed by atoms with E-state index in [9.17, 15) is 0 Å². The lowest BCUT2D eigenvalue weighted by Gasteiger charge is -2.30. The van der Waals surface area contributed by atoms with E-state index in [0.717, 1.165) is 37.5 Å². The third kappa shape index (κ3) is 3.08. The van der Waals surface area contributed by atoms with Gasteiger partial charge in [-0.05, 0) is 31.7 Å². The van der Waals surface area contributed by atoms with Crippen molar-refractivity contribution >= 4 is 5.71 Å². The van der Waals surface area contributed by atoms with Crippen LogP contribution in [0.15, 0.2) is 29.4 Å². The van der Waals surface area contributed by atoms with Gasteiger partial charge < -0.3 is 4.90 Å². The highest BCUT2D eigenvalue weighted by Crippen LogP contribution is 2.07. The largest absolute Gasteiger partial charge is 0.303 e. The standard InChI is InChI=1S/C14H18N4/c1-12(14-5-3-13(11-15)4-6-14)16-18-9-7-17(2)8-10-18/h3-6H,7-10H2,1-2H3/b16-12+. The van der Waals surface area contributed by atoms with Crippen molar-refractivity contribution in [3.63, 3.8) is 0 Å². The molecule has 0 atom stereocenters. The van der Waals surface area contributed by atoms with E-state index >= 15 is 0 Å². The molecule has 94 valence electrons. The molecule has 0 aliphatic carbocycles. The second kappa shape index (κ2) is 5.65. The van der Waals surface area contributed by atoms with Gasteiger partial charge in [0.25, 0.3) is 0 Å². The molecule has 0 radical (unpaired) electrons. The van der Waals surface area contributed by atoms with E-state index in [-0.39, 0.29) is 0 Å². The van der Waals surface area contributed by atoms with Gasteiger partial charge in [0.1, 0.15) is 0 Å². The van der Waals surface area contributed by atoms with E-state index in [0.29, 0.717) is 5.56 Å². The molecule has 1 aliphatic rings. The van der Waals surface area contributed by atoms with Crippen molar-refractivity contribution < 1.29 is 0 Å². The Bertz CT molecular complexity index is 462. The second-order valence-electron chi connectivity index (χ2n) is 4.63. The van der Waals surface area contributed by atoms with Crippen molar-refractivity contribution in [1.29, 1.82) is 5.26 Å². The summed E-state index contributed by atoms with van der Waals surface area (Å²) < 4.78 is 0. The minimum Gasteiger partial charge on any atom is -0.303 e. The van der Waals surface area contributed by atoms with Crippen molar-refractivity contribution in [3.05, 3.63) is 35.4 Å². The summed E-state index contributed by atoms with van der Waals surface area (Å²) in [6.07, 6.45) is 0. The molecule has 1 aromatic rings. The quantitative estimate of drug-likeness (QED) is 0.739. The second-order valence-corrected chi connectivity index (χ2v) is 4.63. The molecule has 4 nitrogen and oxygen atoms in total. The van der Waals surface area contributed by atoms with Gasteiger partial charge in [0, 0.05) is 26.2 Å². The van der Waals surface area contributed by atoms with Crippen LogP contribution in [0, 0.1) is 11.3 Å². The van der Waals surface area contributed by atoms with Gasteiger partial charge in [0.2, 0.25) is 0 Å². The number of rotatable bonds is 2. The first-order valence-electron chi connectivity index (χ1n) is 6.18. The van der Waals surface area contributed by atoms with Crippen LogP contribution >= 0.6 is 0 Å². The van der Waals surface area contributed by atoms with Gasteiger partial charge in [-0.2, -0.15) is 10.4 Å². The lowest BCUT2D eigenvalue weighted by molar-refractivity contribution is 0.159. The zero-order valence-corrected chi connectivity index (χ0v) is 10.9. The molecule has 1 fully saturated rings. The van der Waals surface area contributed by atoms with Crippen LogP contribution in [0.1, 0.15) is 18.1 Å². The lowest BCUT2D eigenvalue weighted by Crippen LogP contribution is -2.42. The molecular weight excluding hydrogens is 224 g/mol. The topological polar surface area (TPSA) is 42.6 Å². The minimum absolute atomic E-state index is 0.686. The molecule has 0 bridgehead atoms. The van der Waals surface area contributed by atoms with Crippen molar-refractivity contribution in [2.45, 2.75) is 6.92 Å². The van der Waals surface area contributed by atoms with Crippen molar-refractivity contribution in [1.82, 2.24) is 9.91 Å². The van der Waals surface area contributed by atoms with E-state index < -0.39 is 0 Å². The Morgan fingerprint density at radius 2 is 1.78 bits per heavy atom. The number of hydrogen-bond acceptors (Lipinski definition) is 4. The summed E-state index contributed by atoms with van der Waals surface area (Å²) in [4.78, 5) is 2.31. The first-order valence-corrected chi connectivity index (χ1v) is 6.18. The number of nitriles is 1. The molecule has 0 unspecified atom stereocenters. The maximum Gasteiger partial charge on any atom is 0.0991 e. The van der Waals surface area contributed by atoms with E-state index in [4.69, 9.17) is 5.26 Å². The molecule has 2 rings (SSSR count). The maximum atomic E-state index is 8.76. The normalized spacial score (nSPS) is 17.6. The molecule has 4 heteroatoms. The van der Waals surface area contributed by atoms with Crippen LogP contribution in [0.4, 0.5) is 0 Å². The molecule has 0 spiro atoms. The van der Waals surface area contributed by atoms with E-state index in [1.165, 1.54) is 0 Å². The van der Waals surface area contributed by atoms with Crippen LogP contribution < -0.4 is 0 Å². The first-order chi connectivity index (χ1) is 8.69. The number of hydrazone groups is 1. The summed E-state index contributed by atoms with van der Waals surface area (Å²) in [5.41, 5.74) is 2.77. The molecule has 0 aromatic heterocycles. The smallest absolute Gasteiger partial charge is 0.0991 e. The van der Waals surface area contributed by atoms with E-state index in [1.807, 2.05) is 31.2 Å². The molecule has 1 aromatic carbocycles. The minimum atomic E-state index is 0.686. The number of hydrogen-bond donors (Lipinski definition) is 0. The van der Waals surface area contributed by atoms with Crippen LogP contribution in [0.2, 0.25) is 0 Å². The Labute approximate surface area is 108 Å². The van der Waals surface area contributed by atoms with Crippen LogP contribution in [-0.4, -0.2) is 48.8 Å². The molecule has 0 saturated carbocycles. The Balaban J connectivity index is 2.05. The SMILES string of the molecule is C/C(=N\N1CCN(C)CC1)c1ccc(C#N)cc1. The van der Waals surface area contributed by atoms with Crippen molar-refractivity contribution in [3.8, 4) is 6.07 Å². The summed E-state index contributed by atoms with van der Waals surface area (Å²) in [5.74, 6) is 0. The average molecular weight is 242 g/mol. The molecule has 1 heterocycles. The van der Waals surface area contributed by atoms with Gasteiger partial charge in [0.15, 0.2) is 0 Å². The van der Waals surface area contributed by atoms with Gasteiger partial charge >= 0.3 is 0 Å². The van der Waals surface area contributed by atoms with Crippen LogP contribution in [0.5, 0.6) is 0 Å². The summed E-state index contributed by atoms with van der Waals surface area (Å²) in [6.45, 7) is 6.09. The summed E-state index contributed by atoms with van der Waals surface area (Å²) in [6, 6.07) is 9.69. The van der Waals surface area contributed by atoms with Crippen LogP contribution in [-0.2, 0) is 0 Å². The molecular formula is C14H18N4. The van der Waals surface area contributed by atoms with Gasteiger partial charge in [0.05, 0.1) is 17.3 Å². The van der Waals surface area contributed by atoms with Gasteiger partial charge in [-0.3, -0.25) is 5.01 Å². The van der Waals surface area contributed by atoms with Crippen molar-refractivity contribution in [2.24, 2.45) is 5.10 Å². The molecule has 0 N–H and O–H groups in total. The molecule has 18 heavy (non-hydrogen) atoms. The first kappa shape index (κ1) is 12.6. The summed E-state index contributed by atoms with van der Waals surface area (Å²) in [5, 5.41) is 15.5. The van der Waals surface area contributed by atoms with Gasteiger partial charge in [-0.25, -0.2) is 0 Å². The molecule has 1 aliphatic heterocycles. The Hall–Kier alpha value is -1.86. The zero-order chi connectivity index (χ0) is 13.0. The van der Waals surface area contributed by atoms with Crippen molar-refractivity contribution in [2.75, 3.05) is 33.2 Å². The predicted octanol–water partition coefficient (Wildman–Crippen LogP) is 1.53. The fourth-order valence-electron chi connectivity index (χ4n) is 1.95. The Morgan fingerprint density at radius 3 is 2.33 bits per heavy atom. The predicted molar refractivity (Wildman–Crippen MR) is 72.4 cm³/mol. The van der Waals surface area contributed by atoms with E-state index in [2.05, 4.69) is 28.1 Å². The van der Waals surface area contributed by atoms with Gasteiger partial charge in [-0.15, -0.1) is 0 Å². The average Bonchev–Trinajstić information content (AvgIpc) is 2.41. The maximum absolute atomic E-state index is 8.76. The van der Waals surface area contributed by atoms with Crippen LogP contribution in [0.3, 0.4) is 0 Å². The molecule has 0 amide bonds. The Morgan fingerprint density at radius 1 is 1.17 bits per heavy atom. The summed E-state index contributed by atoms with van der Waals surface area (Å²) >= 11 is 0. The summed E-state index contributed by atoms with van der Waals surface area (Å²) in [7, 11) is 2.13. The lowest BCUT2D eigenvalue weighted by atomic mass is 10.1. The highest BCUT2D eigenvalue weighted by molar-refractivity contribution is 5.98. The number of piperazine rings is 1. The number of benzene rings is 1. The fourth-order valence-corrected chi connectivity index (χ4v) is 1.95. The highest BCUT2D eigenvalue weighted by Gasteiger charge is 2.12. The highest BCUT2D eigenvalue weighted by atomic mass is 15.5. The third-order valence-corrected chi connectivity index (χ3v) is 3.20. The monoisotopic (exact) mass is 242 g/mol. The van der Waals surface area contributed by atoms with E-state index in [1.54, 1.807) is 0 Å².